The van der Waals surface area contributed by atoms with Gasteiger partial charge in [-0.1, -0.05) is 12.1 Å². The van der Waals surface area contributed by atoms with Crippen molar-refractivity contribution in [3.63, 3.8) is 0 Å². The fraction of sp³-hybridized carbons (Fsp3) is 0.278. The first-order chi connectivity index (χ1) is 11.5. The second kappa shape index (κ2) is 6.80. The molecular formula is C18H21N5O. The van der Waals surface area contributed by atoms with Crippen LogP contribution < -0.4 is 5.73 Å². The maximum absolute atomic E-state index is 11.4. The minimum absolute atomic E-state index is 0.442. The number of rotatable bonds is 6. The maximum Gasteiger partial charge on any atom is 0.248 e. The average Bonchev–Trinajstić information content (AvgIpc) is 2.98. The van der Waals surface area contributed by atoms with E-state index in [9.17, 15) is 4.79 Å². The number of carbonyl (C=O) groups is 1. The summed E-state index contributed by atoms with van der Waals surface area (Å²) in [5, 5.41) is 4.70. The molecule has 0 saturated heterocycles. The highest BCUT2D eigenvalue weighted by atomic mass is 16.1. The first kappa shape index (κ1) is 16.1. The number of benzene rings is 1. The Kier molecular flexibility index (Phi) is 4.57. The van der Waals surface area contributed by atoms with Gasteiger partial charge in [0.1, 0.15) is 0 Å². The fourth-order valence-electron chi connectivity index (χ4n) is 2.65. The van der Waals surface area contributed by atoms with Crippen LogP contribution in [0.3, 0.4) is 0 Å². The van der Waals surface area contributed by atoms with E-state index >= 15 is 0 Å². The van der Waals surface area contributed by atoms with Gasteiger partial charge in [-0.2, -0.15) is 5.10 Å². The quantitative estimate of drug-likeness (QED) is 0.752. The lowest BCUT2D eigenvalue weighted by Gasteiger charge is -2.09. The van der Waals surface area contributed by atoms with Crippen LogP contribution in [0.1, 0.15) is 22.5 Å². The molecule has 124 valence electrons. The molecular weight excluding hydrogens is 302 g/mol. The molecule has 0 radical (unpaired) electrons. The normalized spacial score (nSPS) is 11.3. The van der Waals surface area contributed by atoms with Crippen molar-refractivity contribution in [2.45, 2.75) is 12.8 Å². The van der Waals surface area contributed by atoms with Crippen LogP contribution in [0.2, 0.25) is 0 Å². The predicted molar refractivity (Wildman–Crippen MR) is 93.8 cm³/mol. The van der Waals surface area contributed by atoms with Crippen LogP contribution in [0, 0.1) is 0 Å². The molecule has 0 spiro atoms. The number of carbonyl (C=O) groups excluding carboxylic acids is 1. The molecule has 1 amide bonds. The van der Waals surface area contributed by atoms with Crippen LogP contribution in [-0.4, -0.2) is 46.0 Å². The minimum Gasteiger partial charge on any atom is -0.366 e. The van der Waals surface area contributed by atoms with Gasteiger partial charge in [0.15, 0.2) is 5.65 Å². The molecule has 2 heterocycles. The van der Waals surface area contributed by atoms with Crippen LogP contribution in [0.15, 0.2) is 42.6 Å². The Morgan fingerprint density at radius 2 is 2.08 bits per heavy atom. The molecule has 1 aromatic carbocycles. The van der Waals surface area contributed by atoms with Crippen molar-refractivity contribution in [2.24, 2.45) is 5.73 Å². The summed E-state index contributed by atoms with van der Waals surface area (Å²) in [7, 11) is 4.13. The lowest BCUT2D eigenvalue weighted by molar-refractivity contribution is 0.100. The van der Waals surface area contributed by atoms with Crippen molar-refractivity contribution in [1.82, 2.24) is 19.5 Å². The summed E-state index contributed by atoms with van der Waals surface area (Å²) in [6.07, 6.45) is 3.73. The van der Waals surface area contributed by atoms with E-state index < -0.39 is 5.91 Å². The minimum atomic E-state index is -0.442. The van der Waals surface area contributed by atoms with E-state index in [2.05, 4.69) is 24.0 Å². The first-order valence-corrected chi connectivity index (χ1v) is 7.93. The average molecular weight is 323 g/mol. The van der Waals surface area contributed by atoms with Gasteiger partial charge in [-0.3, -0.25) is 4.79 Å². The van der Waals surface area contributed by atoms with E-state index in [1.165, 1.54) is 0 Å². The molecule has 0 unspecified atom stereocenters. The molecule has 0 atom stereocenters. The number of nitrogens with two attached hydrogens (primary N) is 1. The lowest BCUT2D eigenvalue weighted by atomic mass is 10.1. The Hall–Kier alpha value is -2.73. The van der Waals surface area contributed by atoms with Crippen LogP contribution >= 0.6 is 0 Å². The third-order valence-corrected chi connectivity index (χ3v) is 3.90. The molecule has 0 saturated carbocycles. The molecule has 6 heteroatoms. The fourth-order valence-corrected chi connectivity index (χ4v) is 2.65. The van der Waals surface area contributed by atoms with Crippen molar-refractivity contribution < 1.29 is 4.79 Å². The zero-order chi connectivity index (χ0) is 17.1. The molecule has 0 aliphatic rings. The van der Waals surface area contributed by atoms with Crippen molar-refractivity contribution in [3.05, 3.63) is 53.9 Å². The summed E-state index contributed by atoms with van der Waals surface area (Å²) in [4.78, 5) is 18.0. The number of aryl methyl sites for hydroxylation is 1. The standard InChI is InChI=1S/C18H21N5O/c1-22(2)10-4-7-15-8-9-17-20-12-16(23(17)21-15)13-5-3-6-14(11-13)18(19)24/h3,5-6,8-9,11-12H,4,7,10H2,1-2H3,(H2,19,24). The second-order valence-corrected chi connectivity index (χ2v) is 6.09. The van der Waals surface area contributed by atoms with E-state index in [1.807, 2.05) is 28.8 Å². The zero-order valence-corrected chi connectivity index (χ0v) is 13.9. The third-order valence-electron chi connectivity index (χ3n) is 3.90. The smallest absolute Gasteiger partial charge is 0.248 e. The number of amides is 1. The Balaban J connectivity index is 1.94. The molecule has 6 nitrogen and oxygen atoms in total. The highest BCUT2D eigenvalue weighted by Crippen LogP contribution is 2.21. The van der Waals surface area contributed by atoms with E-state index in [4.69, 9.17) is 10.8 Å². The topological polar surface area (TPSA) is 76.5 Å². The molecule has 2 aromatic heterocycles. The van der Waals surface area contributed by atoms with Gasteiger partial charge in [0, 0.05) is 11.1 Å². The molecule has 24 heavy (non-hydrogen) atoms. The van der Waals surface area contributed by atoms with Crippen LogP contribution in [0.4, 0.5) is 0 Å². The highest BCUT2D eigenvalue weighted by molar-refractivity contribution is 5.94. The van der Waals surface area contributed by atoms with Gasteiger partial charge in [0.05, 0.1) is 17.6 Å². The lowest BCUT2D eigenvalue weighted by Crippen LogP contribution is -2.14. The second-order valence-electron chi connectivity index (χ2n) is 6.09. The monoisotopic (exact) mass is 323 g/mol. The highest BCUT2D eigenvalue weighted by Gasteiger charge is 2.10. The number of hydrogen-bond acceptors (Lipinski definition) is 4. The number of nitrogens with zero attached hydrogens (tertiary/aromatic N) is 4. The first-order valence-electron chi connectivity index (χ1n) is 7.93. The van der Waals surface area contributed by atoms with Crippen LogP contribution in [0.5, 0.6) is 0 Å². The molecule has 0 aliphatic carbocycles. The van der Waals surface area contributed by atoms with Gasteiger partial charge in [-0.15, -0.1) is 0 Å². The summed E-state index contributed by atoms with van der Waals surface area (Å²) >= 11 is 0. The maximum atomic E-state index is 11.4. The van der Waals surface area contributed by atoms with Crippen molar-refractivity contribution in [1.29, 1.82) is 0 Å². The van der Waals surface area contributed by atoms with Crippen molar-refractivity contribution >= 4 is 11.6 Å². The summed E-state index contributed by atoms with van der Waals surface area (Å²) in [6, 6.07) is 11.2. The van der Waals surface area contributed by atoms with Gasteiger partial charge in [-0.25, -0.2) is 9.50 Å². The van der Waals surface area contributed by atoms with Gasteiger partial charge in [-0.05, 0) is 57.7 Å². The number of primary amides is 1. The third kappa shape index (κ3) is 3.44. The number of aromatic nitrogens is 3. The number of hydrogen-bond donors (Lipinski definition) is 1. The molecule has 3 rings (SSSR count). The molecule has 2 N–H and O–H groups in total. The SMILES string of the molecule is CN(C)CCCc1ccc2ncc(-c3cccc(C(N)=O)c3)n2n1. The van der Waals surface area contributed by atoms with Crippen LogP contribution in [-0.2, 0) is 6.42 Å². The zero-order valence-electron chi connectivity index (χ0n) is 13.9. The Morgan fingerprint density at radius 3 is 2.83 bits per heavy atom. The summed E-state index contributed by atoms with van der Waals surface area (Å²) in [6.45, 7) is 1.02. The van der Waals surface area contributed by atoms with E-state index in [-0.39, 0.29) is 0 Å². The van der Waals surface area contributed by atoms with Gasteiger partial charge >= 0.3 is 0 Å². The summed E-state index contributed by atoms with van der Waals surface area (Å²) in [5.41, 5.74) is 9.38. The Morgan fingerprint density at radius 1 is 1.25 bits per heavy atom. The van der Waals surface area contributed by atoms with E-state index in [0.29, 0.717) is 5.56 Å². The largest absolute Gasteiger partial charge is 0.366 e. The van der Waals surface area contributed by atoms with E-state index in [1.54, 1.807) is 18.3 Å². The molecule has 0 fully saturated rings. The molecule has 3 aromatic rings. The van der Waals surface area contributed by atoms with Gasteiger partial charge < -0.3 is 10.6 Å². The van der Waals surface area contributed by atoms with Crippen LogP contribution in [0.25, 0.3) is 16.9 Å². The number of imidazole rings is 1. The van der Waals surface area contributed by atoms with Crippen molar-refractivity contribution in [2.75, 3.05) is 20.6 Å². The number of fused-ring (bicyclic) bond motifs is 1. The van der Waals surface area contributed by atoms with E-state index in [0.717, 1.165) is 42.0 Å². The van der Waals surface area contributed by atoms with Gasteiger partial charge in [0.25, 0.3) is 0 Å². The molecule has 0 aliphatic heterocycles. The Labute approximate surface area is 140 Å². The molecule has 0 bridgehead atoms. The van der Waals surface area contributed by atoms with Gasteiger partial charge in [0.2, 0.25) is 5.91 Å². The summed E-state index contributed by atoms with van der Waals surface area (Å²) < 4.78 is 1.82. The predicted octanol–water partition coefficient (Wildman–Crippen LogP) is 1.99. The Bertz CT molecular complexity index is 869. The van der Waals surface area contributed by atoms with Crippen molar-refractivity contribution in [3.8, 4) is 11.3 Å². The summed E-state index contributed by atoms with van der Waals surface area (Å²) in [5.74, 6) is -0.442.